The van der Waals surface area contributed by atoms with E-state index in [9.17, 15) is 13.2 Å². The van der Waals surface area contributed by atoms with Gasteiger partial charge in [0.15, 0.2) is 0 Å². The van der Waals surface area contributed by atoms with E-state index in [1.807, 2.05) is 41.9 Å². The van der Waals surface area contributed by atoms with Crippen LogP contribution in [-0.4, -0.2) is 42.6 Å². The molecule has 3 heterocycles. The molecule has 146 valence electrons. The summed E-state index contributed by atoms with van der Waals surface area (Å²) in [4.78, 5) is 17.0. The van der Waals surface area contributed by atoms with E-state index in [1.54, 1.807) is 18.2 Å². The third-order valence-corrected chi connectivity index (χ3v) is 6.20. The van der Waals surface area contributed by atoms with Crippen molar-refractivity contribution >= 4 is 27.3 Å². The summed E-state index contributed by atoms with van der Waals surface area (Å²) in [5.41, 5.74) is 3.88. The molecule has 1 aliphatic rings. The molecule has 1 N–H and O–H groups in total. The van der Waals surface area contributed by atoms with Crippen molar-refractivity contribution in [2.45, 2.75) is 25.8 Å². The summed E-state index contributed by atoms with van der Waals surface area (Å²) in [5, 5.41) is 2.92. The van der Waals surface area contributed by atoms with Gasteiger partial charge >= 0.3 is 0 Å². The van der Waals surface area contributed by atoms with E-state index in [0.717, 1.165) is 16.9 Å². The summed E-state index contributed by atoms with van der Waals surface area (Å²) in [6.07, 6.45) is 6.34. The fourth-order valence-electron chi connectivity index (χ4n) is 3.76. The molecule has 0 fully saturated rings. The second kappa shape index (κ2) is 6.94. The first-order chi connectivity index (χ1) is 13.3. The van der Waals surface area contributed by atoms with Gasteiger partial charge in [-0.15, -0.1) is 0 Å². The maximum Gasteiger partial charge on any atom is 0.251 e. The van der Waals surface area contributed by atoms with E-state index in [0.29, 0.717) is 30.6 Å². The molecule has 1 aromatic carbocycles. The number of nitrogens with zero attached hydrogens (tertiary/aromatic N) is 3. The number of carbonyl (C=O) groups excluding carboxylic acids is 1. The van der Waals surface area contributed by atoms with Crippen LogP contribution >= 0.6 is 0 Å². The molecule has 0 aliphatic carbocycles. The molecule has 1 unspecified atom stereocenters. The molecule has 0 radical (unpaired) electrons. The number of nitrogens with one attached hydrogen (secondary N) is 1. The van der Waals surface area contributed by atoms with Crippen LogP contribution < -0.4 is 9.62 Å². The van der Waals surface area contributed by atoms with Gasteiger partial charge in [0.05, 0.1) is 17.6 Å². The topological polar surface area (TPSA) is 83.8 Å². The molecule has 28 heavy (non-hydrogen) atoms. The third kappa shape index (κ3) is 3.47. The Kier molecular flexibility index (Phi) is 4.58. The number of aromatic nitrogens is 2. The quantitative estimate of drug-likeness (QED) is 0.713. The van der Waals surface area contributed by atoms with Gasteiger partial charge in [0, 0.05) is 37.0 Å². The smallest absolute Gasteiger partial charge is 0.251 e. The summed E-state index contributed by atoms with van der Waals surface area (Å²) < 4.78 is 27.4. The second-order valence-electron chi connectivity index (χ2n) is 7.16. The van der Waals surface area contributed by atoms with E-state index in [1.165, 1.54) is 10.6 Å². The molecule has 2 aromatic heterocycles. The number of pyridine rings is 1. The average Bonchev–Trinajstić information content (AvgIpc) is 3.19. The van der Waals surface area contributed by atoms with Crippen LogP contribution in [0.15, 0.2) is 48.8 Å². The number of hydrogen-bond donors (Lipinski definition) is 1. The van der Waals surface area contributed by atoms with Crippen molar-refractivity contribution in [2.75, 3.05) is 17.1 Å². The summed E-state index contributed by atoms with van der Waals surface area (Å²) in [6, 6.07) is 10.9. The van der Waals surface area contributed by atoms with Crippen molar-refractivity contribution in [3.05, 3.63) is 65.6 Å². The molecular weight excluding hydrogens is 376 g/mol. The van der Waals surface area contributed by atoms with Gasteiger partial charge in [0.1, 0.15) is 5.65 Å². The first kappa shape index (κ1) is 18.5. The van der Waals surface area contributed by atoms with Crippen molar-refractivity contribution in [2.24, 2.45) is 0 Å². The third-order valence-electron chi connectivity index (χ3n) is 4.93. The predicted molar refractivity (Wildman–Crippen MR) is 108 cm³/mol. The van der Waals surface area contributed by atoms with Gasteiger partial charge in [-0.2, -0.15) is 0 Å². The fraction of sp³-hybridized carbons (Fsp3) is 0.300. The number of rotatable bonds is 5. The standard InChI is InChI=1S/C20H22N4O3S/c1-14-11-16-12-15(6-7-18(16)24(14)28(2,26)27)20(25)21-9-8-17-13-23-10-4-3-5-19(23)22-17/h3-7,10,12-14H,8-9,11H2,1-2H3,(H,21,25). The highest BCUT2D eigenvalue weighted by Crippen LogP contribution is 2.34. The Labute approximate surface area is 164 Å². The lowest BCUT2D eigenvalue weighted by molar-refractivity contribution is 0.0954. The van der Waals surface area contributed by atoms with Crippen molar-refractivity contribution in [1.29, 1.82) is 0 Å². The molecule has 7 nitrogen and oxygen atoms in total. The summed E-state index contributed by atoms with van der Waals surface area (Å²) in [7, 11) is -3.33. The van der Waals surface area contributed by atoms with E-state index in [4.69, 9.17) is 0 Å². The molecule has 0 saturated carbocycles. The van der Waals surface area contributed by atoms with Crippen molar-refractivity contribution < 1.29 is 13.2 Å². The fourth-order valence-corrected chi connectivity index (χ4v) is 5.03. The van der Waals surface area contributed by atoms with Crippen LogP contribution in [0.25, 0.3) is 5.65 Å². The number of anilines is 1. The number of carbonyl (C=O) groups is 1. The highest BCUT2D eigenvalue weighted by Gasteiger charge is 2.32. The van der Waals surface area contributed by atoms with Gasteiger partial charge in [0.25, 0.3) is 5.91 Å². The average molecular weight is 398 g/mol. The lowest BCUT2D eigenvalue weighted by Gasteiger charge is -2.21. The van der Waals surface area contributed by atoms with Gasteiger partial charge < -0.3 is 9.72 Å². The van der Waals surface area contributed by atoms with Crippen LogP contribution in [0.2, 0.25) is 0 Å². The lowest BCUT2D eigenvalue weighted by atomic mass is 10.1. The van der Waals surface area contributed by atoms with E-state index in [2.05, 4.69) is 10.3 Å². The minimum Gasteiger partial charge on any atom is -0.352 e. The number of sulfonamides is 1. The Hall–Kier alpha value is -2.87. The van der Waals surface area contributed by atoms with Gasteiger partial charge in [-0.25, -0.2) is 13.4 Å². The maximum absolute atomic E-state index is 12.5. The SMILES string of the molecule is CC1Cc2cc(C(=O)NCCc3cn4ccccc4n3)ccc2N1S(C)(=O)=O. The summed E-state index contributed by atoms with van der Waals surface area (Å²) in [6.45, 7) is 2.35. The Balaban J connectivity index is 1.42. The molecule has 3 aromatic rings. The van der Waals surface area contributed by atoms with E-state index < -0.39 is 10.0 Å². The Morgan fingerprint density at radius 1 is 1.29 bits per heavy atom. The van der Waals surface area contributed by atoms with Crippen molar-refractivity contribution in [1.82, 2.24) is 14.7 Å². The van der Waals surface area contributed by atoms with E-state index >= 15 is 0 Å². The molecule has 0 spiro atoms. The first-order valence-electron chi connectivity index (χ1n) is 9.16. The molecule has 0 bridgehead atoms. The maximum atomic E-state index is 12.5. The number of hydrogen-bond acceptors (Lipinski definition) is 4. The highest BCUT2D eigenvalue weighted by molar-refractivity contribution is 7.92. The zero-order chi connectivity index (χ0) is 19.9. The van der Waals surface area contributed by atoms with Gasteiger partial charge in [0.2, 0.25) is 10.0 Å². The lowest BCUT2D eigenvalue weighted by Crippen LogP contribution is -2.34. The Morgan fingerprint density at radius 3 is 2.86 bits per heavy atom. The predicted octanol–water partition coefficient (Wildman–Crippen LogP) is 2.02. The molecule has 1 atom stereocenters. The first-order valence-corrected chi connectivity index (χ1v) is 11.0. The minimum atomic E-state index is -3.33. The molecule has 4 rings (SSSR count). The number of benzene rings is 1. The van der Waals surface area contributed by atoms with Crippen LogP contribution in [0.5, 0.6) is 0 Å². The van der Waals surface area contributed by atoms with Crippen LogP contribution in [0.1, 0.15) is 28.5 Å². The Bertz CT molecular complexity index is 1120. The van der Waals surface area contributed by atoms with Gasteiger partial charge in [-0.1, -0.05) is 6.07 Å². The summed E-state index contributed by atoms with van der Waals surface area (Å²) >= 11 is 0. The highest BCUT2D eigenvalue weighted by atomic mass is 32.2. The molecular formula is C20H22N4O3S. The number of imidazole rings is 1. The second-order valence-corrected chi connectivity index (χ2v) is 9.02. The summed E-state index contributed by atoms with van der Waals surface area (Å²) in [5.74, 6) is -0.169. The van der Waals surface area contributed by atoms with Crippen LogP contribution in [-0.2, 0) is 22.9 Å². The number of amides is 1. The number of fused-ring (bicyclic) bond motifs is 2. The minimum absolute atomic E-state index is 0.140. The largest absolute Gasteiger partial charge is 0.352 e. The van der Waals surface area contributed by atoms with Crippen LogP contribution in [0, 0.1) is 0 Å². The van der Waals surface area contributed by atoms with Crippen molar-refractivity contribution in [3.8, 4) is 0 Å². The molecule has 0 saturated heterocycles. The normalized spacial score (nSPS) is 16.4. The van der Waals surface area contributed by atoms with Crippen LogP contribution in [0.3, 0.4) is 0 Å². The molecule has 8 heteroatoms. The zero-order valence-electron chi connectivity index (χ0n) is 15.8. The van der Waals surface area contributed by atoms with E-state index in [-0.39, 0.29) is 11.9 Å². The zero-order valence-corrected chi connectivity index (χ0v) is 16.6. The Morgan fingerprint density at radius 2 is 2.11 bits per heavy atom. The van der Waals surface area contributed by atoms with Crippen molar-refractivity contribution in [3.63, 3.8) is 0 Å². The van der Waals surface area contributed by atoms with Gasteiger partial charge in [-0.3, -0.25) is 9.10 Å². The molecule has 1 aliphatic heterocycles. The van der Waals surface area contributed by atoms with Gasteiger partial charge in [-0.05, 0) is 49.2 Å². The monoisotopic (exact) mass is 398 g/mol. The molecule has 1 amide bonds. The van der Waals surface area contributed by atoms with Crippen LogP contribution in [0.4, 0.5) is 5.69 Å².